The molecule has 5 N–H and O–H groups in total. The molecule has 0 atom stereocenters. The van der Waals surface area contributed by atoms with E-state index in [2.05, 4.69) is 221 Å². The van der Waals surface area contributed by atoms with Gasteiger partial charge in [0.2, 0.25) is 0 Å². The smallest absolute Gasteiger partial charge is 0.444 e. The fourth-order valence-electron chi connectivity index (χ4n) is 15.9. The summed E-state index contributed by atoms with van der Waals surface area (Å²) in [6, 6.07) is 68.1. The van der Waals surface area contributed by atoms with Gasteiger partial charge in [-0.05, 0) is 290 Å². The monoisotopic (exact) mass is 1760 g/mol. The lowest BCUT2D eigenvalue weighted by Crippen LogP contribution is -2.30. The quantitative estimate of drug-likeness (QED) is 0.0148. The van der Waals surface area contributed by atoms with Gasteiger partial charge >= 0.3 is 25.4 Å². The van der Waals surface area contributed by atoms with Crippen molar-refractivity contribution < 1.29 is 38.6 Å². The van der Waals surface area contributed by atoms with Gasteiger partial charge < -0.3 is 24.3 Å². The molecular formula is C107H140BBr2N3O8. The Bertz CT molecular complexity index is 4780. The van der Waals surface area contributed by atoms with E-state index in [-0.39, 0.29) is 14.9 Å². The van der Waals surface area contributed by atoms with E-state index in [1.54, 1.807) is 32.9 Å². The van der Waals surface area contributed by atoms with E-state index in [9.17, 15) is 14.4 Å². The fourth-order valence-corrected chi connectivity index (χ4v) is 17.2. The predicted molar refractivity (Wildman–Crippen MR) is 528 cm³/mol. The van der Waals surface area contributed by atoms with Crippen LogP contribution < -0.4 is 21.4 Å². The molecule has 0 spiro atoms. The number of halogens is 2. The Morgan fingerprint density at radius 2 is 0.529 bits per heavy atom. The predicted octanol–water partition coefficient (Wildman–Crippen LogP) is 32.5. The Morgan fingerprint density at radius 3 is 0.785 bits per heavy atom. The highest BCUT2D eigenvalue weighted by atomic mass is 79.9. The molecule has 3 amide bonds. The molecule has 0 bridgehead atoms. The van der Waals surface area contributed by atoms with Crippen LogP contribution in [0.2, 0.25) is 0 Å². The number of hydrogen-bond donors (Lipinski definition) is 5. The van der Waals surface area contributed by atoms with E-state index in [1.807, 2.05) is 65.8 Å². The van der Waals surface area contributed by atoms with Crippen LogP contribution in [0.25, 0.3) is 87.6 Å². The number of aryl methyl sites for hydroxylation is 4. The zero-order valence-corrected chi connectivity index (χ0v) is 76.6. The van der Waals surface area contributed by atoms with Crippen molar-refractivity contribution in [3.63, 3.8) is 0 Å². The van der Waals surface area contributed by atoms with E-state index in [1.165, 1.54) is 261 Å². The number of ether oxygens (including phenoxy) is 3. The number of carbonyl (C=O) groups is 3. The standard InChI is InChI=1S/C58H72N2O4.C36H44Br2.C11H16BNO4.2CH4/c1-9-11-13-15-17-19-25-43-39-51(41-31-35-45(36-32-41)59-55(61)63-57(3,4)5)47-27-21-23-29-49(47)53(43)54-44(26-20-18-16-14-12-10-2)40-52(48-28-22-24-30-50(48)54)42-33-37-46(38-34-42)60-56(62)64-58(6,7)8;1-3-5-7-9-11-13-19-27-25-33(37)29-21-15-17-23-31(29)35(27)36-28(20-14-12-10-8-6-4-2)26-34(38)30-22-16-18-24-32(30)36;1-11(2,3)17-10(14)13-9-6-4-8(5-7-9)12(15)16;;/h21-24,27-40H,9-20,25-26H2,1-8H3,(H,59,61)(H,60,62);15-18,21-26H,3-14,19-20H2,1-2H3;4-7,15-16H,1-3H3,(H,13,14);2*1H4. The highest BCUT2D eigenvalue weighted by molar-refractivity contribution is 9.11. The number of fused-ring (bicyclic) bond motifs is 4. The van der Waals surface area contributed by atoms with Crippen LogP contribution in [0.1, 0.15) is 281 Å². The summed E-state index contributed by atoms with van der Waals surface area (Å²) in [5.74, 6) is 0. The minimum Gasteiger partial charge on any atom is -0.444 e. The van der Waals surface area contributed by atoms with Crippen LogP contribution >= 0.6 is 31.9 Å². The molecule has 0 saturated heterocycles. The molecule has 14 heteroatoms. The summed E-state index contributed by atoms with van der Waals surface area (Å²) in [6.07, 6.45) is 33.4. The van der Waals surface area contributed by atoms with Crippen molar-refractivity contribution in [3.8, 4) is 44.5 Å². The summed E-state index contributed by atoms with van der Waals surface area (Å²) in [5, 5.41) is 36.5. The van der Waals surface area contributed by atoms with Crippen molar-refractivity contribution >= 4 is 123 Å². The Morgan fingerprint density at radius 1 is 0.306 bits per heavy atom. The average molecular weight is 1770 g/mol. The average Bonchev–Trinajstić information content (AvgIpc) is 0.735. The third-order valence-corrected chi connectivity index (χ3v) is 23.0. The van der Waals surface area contributed by atoms with Crippen LogP contribution in [0.3, 0.4) is 0 Å². The zero-order chi connectivity index (χ0) is 85.5. The molecule has 11 rings (SSSR count). The minimum atomic E-state index is -1.51. The van der Waals surface area contributed by atoms with Gasteiger partial charge in [-0.3, -0.25) is 16.0 Å². The highest BCUT2D eigenvalue weighted by Crippen LogP contribution is 2.48. The summed E-state index contributed by atoms with van der Waals surface area (Å²) in [5.41, 5.74) is 16.5. The van der Waals surface area contributed by atoms with Gasteiger partial charge in [-0.15, -0.1) is 0 Å². The molecule has 0 unspecified atom stereocenters. The molecule has 11 aromatic rings. The first-order valence-electron chi connectivity index (χ1n) is 44.3. The van der Waals surface area contributed by atoms with Crippen molar-refractivity contribution in [2.75, 3.05) is 16.0 Å². The van der Waals surface area contributed by atoms with Crippen molar-refractivity contribution in [2.45, 2.75) is 301 Å². The van der Waals surface area contributed by atoms with Crippen LogP contribution in [-0.4, -0.2) is 52.2 Å². The third-order valence-electron chi connectivity index (χ3n) is 21.6. The van der Waals surface area contributed by atoms with Crippen LogP contribution in [0.15, 0.2) is 203 Å². The maximum absolute atomic E-state index is 12.6. The van der Waals surface area contributed by atoms with E-state index in [4.69, 9.17) is 24.3 Å². The molecule has 0 radical (unpaired) electrons. The summed E-state index contributed by atoms with van der Waals surface area (Å²) in [4.78, 5) is 36.7. The van der Waals surface area contributed by atoms with E-state index in [0.717, 1.165) is 49.7 Å². The van der Waals surface area contributed by atoms with Gasteiger partial charge in [0, 0.05) is 26.0 Å². The van der Waals surface area contributed by atoms with Crippen molar-refractivity contribution in [3.05, 3.63) is 225 Å². The van der Waals surface area contributed by atoms with Gasteiger partial charge in [0.15, 0.2) is 0 Å². The van der Waals surface area contributed by atoms with Gasteiger partial charge in [-0.1, -0.05) is 336 Å². The summed E-state index contributed by atoms with van der Waals surface area (Å²) in [7, 11) is -1.51. The van der Waals surface area contributed by atoms with E-state index < -0.39 is 42.2 Å². The lowest BCUT2D eigenvalue weighted by molar-refractivity contribution is 0.0624. The molecule has 11 aromatic carbocycles. The number of benzene rings is 11. The molecule has 0 aliphatic carbocycles. The van der Waals surface area contributed by atoms with Crippen LogP contribution in [0.4, 0.5) is 31.4 Å². The molecule has 0 saturated carbocycles. The first kappa shape index (κ1) is 99.3. The maximum atomic E-state index is 12.6. The number of unbranched alkanes of at least 4 members (excludes halogenated alkanes) is 20. The summed E-state index contributed by atoms with van der Waals surface area (Å²) in [6.45, 7) is 25.7. The molecule has 0 fully saturated rings. The molecule has 0 heterocycles. The Labute approximate surface area is 743 Å². The minimum absolute atomic E-state index is 0. The van der Waals surface area contributed by atoms with E-state index >= 15 is 0 Å². The first-order chi connectivity index (χ1) is 57.2. The number of nitrogens with one attached hydrogen (secondary N) is 3. The first-order valence-corrected chi connectivity index (χ1v) is 45.9. The van der Waals surface area contributed by atoms with Gasteiger partial charge in [-0.2, -0.15) is 0 Å². The van der Waals surface area contributed by atoms with Gasteiger partial charge in [0.1, 0.15) is 16.8 Å². The topological polar surface area (TPSA) is 155 Å². The van der Waals surface area contributed by atoms with Crippen molar-refractivity contribution in [1.82, 2.24) is 0 Å². The summed E-state index contributed by atoms with van der Waals surface area (Å²) >= 11 is 7.88. The normalized spacial score (nSPS) is 11.4. The Kier molecular flexibility index (Phi) is 40.6. The SMILES string of the molecule is C.C.CC(C)(C)OC(=O)Nc1ccc(B(O)O)cc1.CCCCCCCCc1cc(-c2ccc(NC(=O)OC(C)(C)C)cc2)c2ccccc2c1-c1c(CCCCCCCC)cc(-c2ccc(NC(=O)OC(C)(C)C)cc2)c2ccccc12.CCCCCCCCc1cc(Br)c2ccccc2c1-c1c(CCCCCCCC)cc(Br)c2ccccc12. The number of carbonyl (C=O) groups excluding carboxylic acids is 3. The summed E-state index contributed by atoms with van der Waals surface area (Å²) < 4.78 is 18.6. The number of hydrogen-bond acceptors (Lipinski definition) is 8. The lowest BCUT2D eigenvalue weighted by atomic mass is 9.80. The molecule has 11 nitrogen and oxygen atoms in total. The molecule has 0 aromatic heterocycles. The van der Waals surface area contributed by atoms with Gasteiger partial charge in [-0.25, -0.2) is 14.4 Å². The maximum Gasteiger partial charge on any atom is 0.488 e. The largest absolute Gasteiger partial charge is 0.488 e. The molecule has 0 aliphatic heterocycles. The fraction of sp³-hybridized carbons (Fsp3) is 0.430. The van der Waals surface area contributed by atoms with Gasteiger partial charge in [0.05, 0.1) is 0 Å². The van der Waals surface area contributed by atoms with Gasteiger partial charge in [0.25, 0.3) is 0 Å². The zero-order valence-electron chi connectivity index (χ0n) is 73.5. The molecule has 121 heavy (non-hydrogen) atoms. The Balaban J connectivity index is 0.000000297. The highest BCUT2D eigenvalue weighted by Gasteiger charge is 2.26. The van der Waals surface area contributed by atoms with Crippen molar-refractivity contribution in [2.24, 2.45) is 0 Å². The van der Waals surface area contributed by atoms with E-state index in [0.29, 0.717) is 22.5 Å². The Hall–Kier alpha value is -8.79. The lowest BCUT2D eigenvalue weighted by Gasteiger charge is -2.23. The molecule has 648 valence electrons. The van der Waals surface area contributed by atoms with Crippen molar-refractivity contribution in [1.29, 1.82) is 0 Å². The van der Waals surface area contributed by atoms with Crippen LogP contribution in [0.5, 0.6) is 0 Å². The second-order valence-electron chi connectivity index (χ2n) is 35.0. The van der Waals surface area contributed by atoms with Crippen LogP contribution in [-0.2, 0) is 39.9 Å². The second-order valence-corrected chi connectivity index (χ2v) is 36.7. The molecular weight excluding hydrogens is 1630 g/mol. The second kappa shape index (κ2) is 49.5. The number of anilines is 3. The number of rotatable bonds is 36. The number of amides is 3. The molecule has 0 aliphatic rings. The third kappa shape index (κ3) is 30.6. The van der Waals surface area contributed by atoms with Crippen LogP contribution in [0, 0.1) is 0 Å².